The summed E-state index contributed by atoms with van der Waals surface area (Å²) in [5, 5.41) is 0. The number of hydrogen-bond acceptors (Lipinski definition) is 1. The molecule has 0 aromatic rings. The predicted molar refractivity (Wildman–Crippen MR) is 69.8 cm³/mol. The molecule has 2 atom stereocenters. The molecular weight excluding hydrogens is 182 g/mol. The molecule has 1 saturated carbocycles. The molecule has 0 aromatic carbocycles. The third-order valence-corrected chi connectivity index (χ3v) is 3.92. The lowest BCUT2D eigenvalue weighted by Crippen LogP contribution is -2.15. The molecule has 1 nitrogen and oxygen atoms in total. The minimum absolute atomic E-state index is 0.567. The van der Waals surface area contributed by atoms with E-state index in [-0.39, 0.29) is 0 Å². The molecule has 1 rings (SSSR count). The van der Waals surface area contributed by atoms with Crippen LogP contribution in [-0.4, -0.2) is 18.5 Å². The Kier molecular flexibility index (Phi) is 6.00. The summed E-state index contributed by atoms with van der Waals surface area (Å²) < 4.78 is 0. The van der Waals surface area contributed by atoms with Gasteiger partial charge in [-0.3, -0.25) is 0 Å². The smallest absolute Gasteiger partial charge is 0.0205 e. The van der Waals surface area contributed by atoms with Gasteiger partial charge < -0.3 is 4.90 Å². The molecule has 0 radical (unpaired) electrons. The second-order valence-corrected chi connectivity index (χ2v) is 5.34. The monoisotopic (exact) mass is 211 g/mol. The number of nitrogens with zero attached hydrogens (tertiary/aromatic N) is 1. The summed E-state index contributed by atoms with van der Waals surface area (Å²) in [6.07, 6.45) is 4.54. The topological polar surface area (TPSA) is 3.24 Å². The summed E-state index contributed by atoms with van der Waals surface area (Å²) in [4.78, 5) is 2.18. The molecule has 0 heterocycles. The van der Waals surface area contributed by atoms with Crippen molar-refractivity contribution in [3.05, 3.63) is 12.8 Å². The van der Waals surface area contributed by atoms with Crippen LogP contribution in [0.2, 0.25) is 0 Å². The van der Waals surface area contributed by atoms with E-state index in [0.29, 0.717) is 5.41 Å². The highest BCUT2D eigenvalue weighted by molar-refractivity contribution is 5.03. The summed E-state index contributed by atoms with van der Waals surface area (Å²) in [5.41, 5.74) is 0.567. The maximum Gasteiger partial charge on any atom is 0.0205 e. The van der Waals surface area contributed by atoms with Gasteiger partial charge in [0.2, 0.25) is 0 Å². The summed E-state index contributed by atoms with van der Waals surface area (Å²) in [5.74, 6) is 1.75. The number of hydrogen-bond donors (Lipinski definition) is 0. The van der Waals surface area contributed by atoms with Crippen LogP contribution < -0.4 is 0 Å². The SMILES string of the molecule is C=CN(C)CC1C(C)C1(C)C.CCCC. The fraction of sp³-hybridized carbons (Fsp3) is 0.857. The molecule has 1 fully saturated rings. The lowest BCUT2D eigenvalue weighted by atomic mass is 10.1. The molecule has 1 heteroatoms. The second kappa shape index (κ2) is 6.19. The Balaban J connectivity index is 0.000000423. The Labute approximate surface area is 96.6 Å². The zero-order chi connectivity index (χ0) is 12.1. The molecule has 0 spiro atoms. The average molecular weight is 211 g/mol. The number of rotatable bonds is 4. The largest absolute Gasteiger partial charge is 0.381 e. The van der Waals surface area contributed by atoms with Gasteiger partial charge in [-0.05, 0) is 23.5 Å². The quantitative estimate of drug-likeness (QED) is 0.675. The van der Waals surface area contributed by atoms with Crippen LogP contribution in [0.1, 0.15) is 47.5 Å². The fourth-order valence-electron chi connectivity index (χ4n) is 1.80. The Morgan fingerprint density at radius 2 is 1.67 bits per heavy atom. The zero-order valence-electron chi connectivity index (χ0n) is 11.5. The summed E-state index contributed by atoms with van der Waals surface area (Å²) in [6.45, 7) is 16.3. The molecule has 1 aliphatic rings. The van der Waals surface area contributed by atoms with E-state index in [2.05, 4.69) is 53.1 Å². The van der Waals surface area contributed by atoms with Crippen LogP contribution in [0.15, 0.2) is 12.8 Å². The Bertz CT molecular complexity index is 182. The molecule has 0 N–H and O–H groups in total. The molecule has 0 bridgehead atoms. The molecule has 2 unspecified atom stereocenters. The molecule has 90 valence electrons. The maximum atomic E-state index is 3.74. The third-order valence-electron chi connectivity index (χ3n) is 3.92. The molecular formula is C14H29N. The standard InChI is InChI=1S/C10H19N.C4H10/c1-6-11(5)7-9-8(2)10(9,3)4;1-3-4-2/h6,8-9H,1,7H2,2-5H3;3-4H2,1-2H3. The molecule has 0 aromatic heterocycles. The van der Waals surface area contributed by atoms with Gasteiger partial charge in [0, 0.05) is 13.6 Å². The van der Waals surface area contributed by atoms with Gasteiger partial charge in [-0.25, -0.2) is 0 Å². The first-order valence-electron chi connectivity index (χ1n) is 6.24. The third kappa shape index (κ3) is 4.27. The van der Waals surface area contributed by atoms with Crippen LogP contribution in [0, 0.1) is 17.3 Å². The zero-order valence-corrected chi connectivity index (χ0v) is 11.5. The minimum atomic E-state index is 0.567. The van der Waals surface area contributed by atoms with E-state index in [4.69, 9.17) is 0 Å². The van der Waals surface area contributed by atoms with Crippen LogP contribution >= 0.6 is 0 Å². The predicted octanol–water partition coefficient (Wildman–Crippen LogP) is 4.16. The van der Waals surface area contributed by atoms with Crippen LogP contribution in [0.3, 0.4) is 0 Å². The van der Waals surface area contributed by atoms with Crippen molar-refractivity contribution in [3.8, 4) is 0 Å². The highest BCUT2D eigenvalue weighted by Crippen LogP contribution is 2.57. The van der Waals surface area contributed by atoms with Gasteiger partial charge in [0.25, 0.3) is 0 Å². The highest BCUT2D eigenvalue weighted by Gasteiger charge is 2.54. The van der Waals surface area contributed by atoms with E-state index < -0.39 is 0 Å². The van der Waals surface area contributed by atoms with E-state index in [9.17, 15) is 0 Å². The van der Waals surface area contributed by atoms with Crippen molar-refractivity contribution in [2.24, 2.45) is 17.3 Å². The van der Waals surface area contributed by atoms with E-state index >= 15 is 0 Å². The molecule has 0 amide bonds. The van der Waals surface area contributed by atoms with E-state index in [1.54, 1.807) is 0 Å². The average Bonchev–Trinajstić information content (AvgIpc) is 2.68. The van der Waals surface area contributed by atoms with Gasteiger partial charge in [0.05, 0.1) is 0 Å². The molecule has 0 aliphatic heterocycles. The van der Waals surface area contributed by atoms with E-state index in [0.717, 1.165) is 18.4 Å². The van der Waals surface area contributed by atoms with Crippen molar-refractivity contribution in [1.82, 2.24) is 4.90 Å². The normalized spacial score (nSPS) is 26.3. The van der Waals surface area contributed by atoms with Crippen LogP contribution in [0.4, 0.5) is 0 Å². The van der Waals surface area contributed by atoms with Gasteiger partial charge >= 0.3 is 0 Å². The van der Waals surface area contributed by atoms with Crippen LogP contribution in [-0.2, 0) is 0 Å². The Morgan fingerprint density at radius 1 is 1.27 bits per heavy atom. The first kappa shape index (κ1) is 14.5. The first-order valence-corrected chi connectivity index (χ1v) is 6.24. The summed E-state index contributed by atoms with van der Waals surface area (Å²) >= 11 is 0. The minimum Gasteiger partial charge on any atom is -0.381 e. The van der Waals surface area contributed by atoms with Crippen LogP contribution in [0.25, 0.3) is 0 Å². The Hall–Kier alpha value is -0.460. The fourth-order valence-corrected chi connectivity index (χ4v) is 1.80. The number of unbranched alkanes of at least 4 members (excludes halogenated alkanes) is 1. The second-order valence-electron chi connectivity index (χ2n) is 5.34. The first-order chi connectivity index (χ1) is 6.91. The van der Waals surface area contributed by atoms with Crippen molar-refractivity contribution >= 4 is 0 Å². The van der Waals surface area contributed by atoms with Gasteiger partial charge in [0.15, 0.2) is 0 Å². The summed E-state index contributed by atoms with van der Waals surface area (Å²) in [7, 11) is 2.09. The van der Waals surface area contributed by atoms with Gasteiger partial charge in [0.1, 0.15) is 0 Å². The van der Waals surface area contributed by atoms with Gasteiger partial charge in [-0.2, -0.15) is 0 Å². The summed E-state index contributed by atoms with van der Waals surface area (Å²) in [6, 6.07) is 0. The van der Waals surface area contributed by atoms with Crippen molar-refractivity contribution in [2.45, 2.75) is 47.5 Å². The molecule has 15 heavy (non-hydrogen) atoms. The molecule has 1 aliphatic carbocycles. The maximum absolute atomic E-state index is 3.74. The Morgan fingerprint density at radius 3 is 1.87 bits per heavy atom. The van der Waals surface area contributed by atoms with Crippen molar-refractivity contribution in [1.29, 1.82) is 0 Å². The van der Waals surface area contributed by atoms with Gasteiger partial charge in [-0.15, -0.1) is 0 Å². The van der Waals surface area contributed by atoms with Crippen molar-refractivity contribution in [2.75, 3.05) is 13.6 Å². The van der Waals surface area contributed by atoms with Gasteiger partial charge in [-0.1, -0.05) is 54.0 Å². The highest BCUT2D eigenvalue weighted by atomic mass is 15.1. The van der Waals surface area contributed by atoms with Crippen molar-refractivity contribution in [3.63, 3.8) is 0 Å². The van der Waals surface area contributed by atoms with E-state index in [1.807, 2.05) is 6.20 Å². The van der Waals surface area contributed by atoms with Crippen molar-refractivity contribution < 1.29 is 0 Å². The lowest BCUT2D eigenvalue weighted by Gasteiger charge is -2.13. The van der Waals surface area contributed by atoms with E-state index in [1.165, 1.54) is 12.8 Å². The molecule has 0 saturated heterocycles. The lowest BCUT2D eigenvalue weighted by molar-refractivity contribution is 0.394. The van der Waals surface area contributed by atoms with Crippen LogP contribution in [0.5, 0.6) is 0 Å².